The first-order valence-corrected chi connectivity index (χ1v) is 10.5. The van der Waals surface area contributed by atoms with E-state index in [1.165, 1.54) is 6.42 Å². The lowest BCUT2D eigenvalue weighted by atomic mass is 10.0. The number of aryl methyl sites for hydroxylation is 3. The van der Waals surface area contributed by atoms with E-state index in [0.29, 0.717) is 23.7 Å². The molecule has 0 aliphatic carbocycles. The summed E-state index contributed by atoms with van der Waals surface area (Å²) >= 11 is 0. The van der Waals surface area contributed by atoms with Crippen LogP contribution in [0.5, 0.6) is 0 Å². The monoisotopic (exact) mass is 398 g/mol. The van der Waals surface area contributed by atoms with Gasteiger partial charge in [0.15, 0.2) is 5.82 Å². The average Bonchev–Trinajstić information content (AvgIpc) is 3.16. The Morgan fingerprint density at radius 1 is 1.28 bits per heavy atom. The Morgan fingerprint density at radius 3 is 2.83 bits per heavy atom. The number of hydrogen-bond acceptors (Lipinski definition) is 5. The van der Waals surface area contributed by atoms with Gasteiger partial charge in [0, 0.05) is 43.1 Å². The summed E-state index contributed by atoms with van der Waals surface area (Å²) in [5.74, 6) is 1.11. The fourth-order valence-electron chi connectivity index (χ4n) is 3.65. The van der Waals surface area contributed by atoms with Crippen LogP contribution < -0.4 is 5.32 Å². The van der Waals surface area contributed by atoms with Gasteiger partial charge in [-0.2, -0.15) is 4.98 Å². The van der Waals surface area contributed by atoms with Crippen LogP contribution in [0.25, 0.3) is 0 Å². The Labute approximate surface area is 171 Å². The van der Waals surface area contributed by atoms with E-state index in [4.69, 9.17) is 4.52 Å². The molecule has 2 heterocycles. The van der Waals surface area contributed by atoms with E-state index in [1.807, 2.05) is 17.9 Å². The number of nitrogens with one attached hydrogen (secondary N) is 1. The molecule has 1 aromatic carbocycles. The predicted molar refractivity (Wildman–Crippen MR) is 111 cm³/mol. The summed E-state index contributed by atoms with van der Waals surface area (Å²) in [5, 5.41) is 6.81. The topological polar surface area (TPSA) is 88.3 Å². The molecule has 29 heavy (non-hydrogen) atoms. The highest BCUT2D eigenvalue weighted by atomic mass is 16.5. The van der Waals surface area contributed by atoms with Crippen molar-refractivity contribution in [1.29, 1.82) is 0 Å². The van der Waals surface area contributed by atoms with E-state index in [-0.39, 0.29) is 24.3 Å². The number of piperidine rings is 1. The molecule has 7 nitrogen and oxygen atoms in total. The van der Waals surface area contributed by atoms with Gasteiger partial charge in [-0.15, -0.1) is 0 Å². The van der Waals surface area contributed by atoms with Crippen molar-refractivity contribution >= 4 is 17.5 Å². The van der Waals surface area contributed by atoms with Crippen molar-refractivity contribution in [3.8, 4) is 0 Å². The SMILES string of the molecule is CCCc1noc(CCC(=O)Nc2ccc(C(=O)N3CCCCC3C)cc2C)n1. The molecule has 2 amide bonds. The van der Waals surface area contributed by atoms with E-state index in [1.54, 1.807) is 12.1 Å². The fourth-order valence-corrected chi connectivity index (χ4v) is 3.65. The van der Waals surface area contributed by atoms with Gasteiger partial charge in [-0.1, -0.05) is 12.1 Å². The summed E-state index contributed by atoms with van der Waals surface area (Å²) in [5.41, 5.74) is 2.26. The Kier molecular flexibility index (Phi) is 7.01. The quantitative estimate of drug-likeness (QED) is 0.764. The van der Waals surface area contributed by atoms with E-state index in [2.05, 4.69) is 29.3 Å². The number of nitrogens with zero attached hydrogens (tertiary/aromatic N) is 3. The number of aromatic nitrogens is 2. The lowest BCUT2D eigenvalue weighted by Crippen LogP contribution is -2.42. The third-order valence-electron chi connectivity index (χ3n) is 5.36. The molecule has 0 radical (unpaired) electrons. The zero-order valence-corrected chi connectivity index (χ0v) is 17.5. The van der Waals surface area contributed by atoms with Crippen LogP contribution in [0.15, 0.2) is 22.7 Å². The summed E-state index contributed by atoms with van der Waals surface area (Å²) in [6.07, 6.45) is 5.69. The van der Waals surface area contributed by atoms with Gasteiger partial charge in [0.25, 0.3) is 5.91 Å². The van der Waals surface area contributed by atoms with Crippen LogP contribution in [-0.2, 0) is 17.6 Å². The number of carbonyl (C=O) groups is 2. The molecule has 1 atom stereocenters. The highest BCUT2D eigenvalue weighted by Crippen LogP contribution is 2.22. The number of carbonyl (C=O) groups excluding carboxylic acids is 2. The first-order valence-electron chi connectivity index (χ1n) is 10.5. The van der Waals surface area contributed by atoms with E-state index in [0.717, 1.165) is 43.5 Å². The lowest BCUT2D eigenvalue weighted by molar-refractivity contribution is -0.116. The van der Waals surface area contributed by atoms with Crippen LogP contribution in [0.2, 0.25) is 0 Å². The second-order valence-corrected chi connectivity index (χ2v) is 7.78. The fraction of sp³-hybridized carbons (Fsp3) is 0.545. The Hall–Kier alpha value is -2.70. The second-order valence-electron chi connectivity index (χ2n) is 7.78. The zero-order chi connectivity index (χ0) is 20.8. The van der Waals surface area contributed by atoms with E-state index in [9.17, 15) is 9.59 Å². The minimum absolute atomic E-state index is 0.0671. The molecular weight excluding hydrogens is 368 g/mol. The molecular formula is C22H30N4O3. The lowest BCUT2D eigenvalue weighted by Gasteiger charge is -2.33. The number of likely N-dealkylation sites (tertiary alicyclic amines) is 1. The maximum Gasteiger partial charge on any atom is 0.254 e. The van der Waals surface area contributed by atoms with Gasteiger partial charge >= 0.3 is 0 Å². The van der Waals surface area contributed by atoms with Crippen molar-refractivity contribution in [3.63, 3.8) is 0 Å². The molecule has 2 aromatic rings. The van der Waals surface area contributed by atoms with Gasteiger partial charge < -0.3 is 14.7 Å². The van der Waals surface area contributed by atoms with Crippen molar-refractivity contribution in [2.24, 2.45) is 0 Å². The Bertz CT molecular complexity index is 861. The minimum Gasteiger partial charge on any atom is -0.339 e. The summed E-state index contributed by atoms with van der Waals surface area (Å²) in [7, 11) is 0. The van der Waals surface area contributed by atoms with Gasteiger partial charge in [0.1, 0.15) is 0 Å². The number of rotatable bonds is 7. The van der Waals surface area contributed by atoms with Crippen molar-refractivity contribution in [2.45, 2.75) is 71.8 Å². The Balaban J connectivity index is 1.56. The normalized spacial score (nSPS) is 16.7. The first kappa shape index (κ1) is 21.0. The number of amides is 2. The summed E-state index contributed by atoms with van der Waals surface area (Å²) < 4.78 is 5.17. The molecule has 1 aliphatic rings. The minimum atomic E-state index is -0.118. The molecule has 3 rings (SSSR count). The molecule has 0 saturated carbocycles. The number of benzene rings is 1. The Morgan fingerprint density at radius 2 is 2.10 bits per heavy atom. The van der Waals surface area contributed by atoms with Gasteiger partial charge in [-0.05, 0) is 63.3 Å². The summed E-state index contributed by atoms with van der Waals surface area (Å²) in [6.45, 7) is 6.87. The third kappa shape index (κ3) is 5.43. The summed E-state index contributed by atoms with van der Waals surface area (Å²) in [4.78, 5) is 31.4. The molecule has 1 N–H and O–H groups in total. The van der Waals surface area contributed by atoms with Crippen LogP contribution in [-0.4, -0.2) is 39.4 Å². The maximum atomic E-state index is 12.8. The molecule has 1 saturated heterocycles. The van der Waals surface area contributed by atoms with Gasteiger partial charge in [0.05, 0.1) is 0 Å². The van der Waals surface area contributed by atoms with E-state index < -0.39 is 0 Å². The predicted octanol–water partition coefficient (Wildman–Crippen LogP) is 3.92. The van der Waals surface area contributed by atoms with Crippen LogP contribution in [0.3, 0.4) is 0 Å². The molecule has 7 heteroatoms. The molecule has 1 aliphatic heterocycles. The second kappa shape index (κ2) is 9.67. The molecule has 1 unspecified atom stereocenters. The smallest absolute Gasteiger partial charge is 0.254 e. The van der Waals surface area contributed by atoms with Crippen LogP contribution in [0.4, 0.5) is 5.69 Å². The van der Waals surface area contributed by atoms with E-state index >= 15 is 0 Å². The third-order valence-corrected chi connectivity index (χ3v) is 5.36. The highest BCUT2D eigenvalue weighted by molar-refractivity contribution is 5.96. The van der Waals surface area contributed by atoms with Crippen molar-refractivity contribution in [3.05, 3.63) is 41.0 Å². The van der Waals surface area contributed by atoms with Gasteiger partial charge in [-0.25, -0.2) is 0 Å². The van der Waals surface area contributed by atoms with Gasteiger partial charge in [-0.3, -0.25) is 9.59 Å². The molecule has 0 spiro atoms. The van der Waals surface area contributed by atoms with Crippen molar-refractivity contribution < 1.29 is 14.1 Å². The molecule has 1 fully saturated rings. The number of hydrogen-bond donors (Lipinski definition) is 1. The molecule has 156 valence electrons. The maximum absolute atomic E-state index is 12.8. The van der Waals surface area contributed by atoms with Crippen LogP contribution in [0, 0.1) is 6.92 Å². The highest BCUT2D eigenvalue weighted by Gasteiger charge is 2.24. The van der Waals surface area contributed by atoms with Crippen molar-refractivity contribution in [1.82, 2.24) is 15.0 Å². The average molecular weight is 399 g/mol. The van der Waals surface area contributed by atoms with Crippen molar-refractivity contribution in [2.75, 3.05) is 11.9 Å². The van der Waals surface area contributed by atoms with Gasteiger partial charge in [0.2, 0.25) is 11.8 Å². The standard InChI is InChI=1S/C22H30N4O3/c1-4-7-19-24-21(29-25-19)12-11-20(27)23-18-10-9-17(14-15(18)2)22(28)26-13-6-5-8-16(26)3/h9-10,14,16H,4-8,11-13H2,1-3H3,(H,23,27). The largest absolute Gasteiger partial charge is 0.339 e. The first-order chi connectivity index (χ1) is 14.0. The summed E-state index contributed by atoms with van der Waals surface area (Å²) in [6, 6.07) is 5.73. The zero-order valence-electron chi connectivity index (χ0n) is 17.5. The molecule has 1 aromatic heterocycles. The van der Waals surface area contributed by atoms with Crippen LogP contribution >= 0.6 is 0 Å². The molecule has 0 bridgehead atoms. The van der Waals surface area contributed by atoms with Crippen LogP contribution in [0.1, 0.15) is 73.6 Å². The number of anilines is 1.